The Hall–Kier alpha value is -1.84. The van der Waals surface area contributed by atoms with E-state index >= 15 is 0 Å². The van der Waals surface area contributed by atoms with Crippen molar-refractivity contribution in [1.29, 1.82) is 0 Å². The van der Waals surface area contributed by atoms with Gasteiger partial charge in [0.25, 0.3) is 5.92 Å². The molecule has 0 aromatic carbocycles. The van der Waals surface area contributed by atoms with E-state index < -0.39 is 22.3 Å². The van der Waals surface area contributed by atoms with Gasteiger partial charge in [-0.25, -0.2) is 32.2 Å². The summed E-state index contributed by atoms with van der Waals surface area (Å²) in [6.45, 7) is 5.65. The molecule has 2 aromatic heterocycles. The molecule has 4 heterocycles. The maximum Gasteiger partial charge on any atom is 0.266 e. The van der Waals surface area contributed by atoms with Gasteiger partial charge >= 0.3 is 0 Å². The van der Waals surface area contributed by atoms with Crippen molar-refractivity contribution in [1.82, 2.24) is 19.5 Å². The van der Waals surface area contributed by atoms with Gasteiger partial charge in [-0.1, -0.05) is 20.8 Å². The smallest absolute Gasteiger partial charge is 0.266 e. The Bertz CT molecular complexity index is 968. The van der Waals surface area contributed by atoms with E-state index in [-0.39, 0.29) is 35.9 Å². The molecule has 2 fully saturated rings. The highest BCUT2D eigenvalue weighted by Gasteiger charge is 2.41. The fourth-order valence-electron chi connectivity index (χ4n) is 3.34. The zero-order valence-electron chi connectivity index (χ0n) is 14.9. The van der Waals surface area contributed by atoms with Crippen LogP contribution >= 0.6 is 0 Å². The van der Waals surface area contributed by atoms with E-state index in [0.717, 1.165) is 0 Å². The molecule has 0 aliphatic carbocycles. The number of fused-ring (bicyclic) bond motifs is 1. The number of hydrogen-bond acceptors (Lipinski definition) is 6. The molecular weight excluding hydrogens is 364 g/mol. The van der Waals surface area contributed by atoms with Crippen LogP contribution in [0, 0.1) is 0 Å². The highest BCUT2D eigenvalue weighted by molar-refractivity contribution is 7.92. The van der Waals surface area contributed by atoms with Crippen LogP contribution in [-0.4, -0.2) is 58.5 Å². The molecule has 0 unspecified atom stereocenters. The molecule has 0 radical (unpaired) electrons. The second-order valence-corrected chi connectivity index (χ2v) is 10.4. The molecule has 0 bridgehead atoms. The van der Waals surface area contributed by atoms with Crippen molar-refractivity contribution in [2.45, 2.75) is 44.6 Å². The first kappa shape index (κ1) is 17.6. The summed E-state index contributed by atoms with van der Waals surface area (Å²) in [5.74, 6) is -1.73. The van der Waals surface area contributed by atoms with Crippen LogP contribution in [0.15, 0.2) is 6.33 Å². The molecule has 26 heavy (non-hydrogen) atoms. The number of anilines is 1. The quantitative estimate of drug-likeness (QED) is 0.786. The van der Waals surface area contributed by atoms with Gasteiger partial charge in [-0.05, 0) is 0 Å². The highest BCUT2D eigenvalue weighted by atomic mass is 32.2. The van der Waals surface area contributed by atoms with Gasteiger partial charge < -0.3 is 9.47 Å². The van der Waals surface area contributed by atoms with Crippen LogP contribution in [0.1, 0.15) is 39.1 Å². The lowest BCUT2D eigenvalue weighted by atomic mass is 9.96. The van der Waals surface area contributed by atoms with Gasteiger partial charge in [0, 0.05) is 18.4 Å². The van der Waals surface area contributed by atoms with E-state index in [9.17, 15) is 17.2 Å². The number of sulfone groups is 1. The normalized spacial score (nSPS) is 22.7. The molecule has 2 aromatic rings. The summed E-state index contributed by atoms with van der Waals surface area (Å²) < 4.78 is 52.3. The Morgan fingerprint density at radius 3 is 2.46 bits per heavy atom. The SMILES string of the molecule is CC(C)(C)c1nc(N2CCC(F)(F)C2)c2ncn(C3CS(=O)(=O)C3)c2n1. The van der Waals surface area contributed by atoms with Crippen LogP contribution in [0.25, 0.3) is 11.2 Å². The summed E-state index contributed by atoms with van der Waals surface area (Å²) in [6, 6.07) is -0.222. The standard InChI is InChI=1S/C16H21F2N5O2S/c1-15(2,3)14-20-12(22-5-4-16(17,18)8-22)11-13(21-14)23(9-19-11)10-6-26(24,25)7-10/h9-10H,4-8H2,1-3H3. The molecule has 0 N–H and O–H groups in total. The predicted octanol–water partition coefficient (Wildman–Crippen LogP) is 1.94. The topological polar surface area (TPSA) is 81.0 Å². The van der Waals surface area contributed by atoms with E-state index in [4.69, 9.17) is 0 Å². The Morgan fingerprint density at radius 2 is 1.92 bits per heavy atom. The Balaban J connectivity index is 1.84. The molecule has 7 nitrogen and oxygen atoms in total. The molecule has 2 saturated heterocycles. The van der Waals surface area contributed by atoms with Crippen LogP contribution in [0.5, 0.6) is 0 Å². The Morgan fingerprint density at radius 1 is 1.23 bits per heavy atom. The second kappa shape index (κ2) is 5.34. The van der Waals surface area contributed by atoms with Gasteiger partial charge in [0.15, 0.2) is 26.8 Å². The van der Waals surface area contributed by atoms with Gasteiger partial charge in [0.2, 0.25) is 0 Å². The van der Waals surface area contributed by atoms with Gasteiger partial charge in [-0.3, -0.25) is 0 Å². The molecule has 0 spiro atoms. The third kappa shape index (κ3) is 2.93. The average Bonchev–Trinajstić information content (AvgIpc) is 3.05. The fourth-order valence-corrected chi connectivity index (χ4v) is 4.74. The maximum atomic E-state index is 13.7. The molecule has 0 saturated carbocycles. The van der Waals surface area contributed by atoms with Crippen LogP contribution in [-0.2, 0) is 15.3 Å². The molecule has 2 aliphatic heterocycles. The van der Waals surface area contributed by atoms with Crippen LogP contribution < -0.4 is 4.90 Å². The van der Waals surface area contributed by atoms with Gasteiger partial charge in [0.1, 0.15) is 5.82 Å². The molecular formula is C16H21F2N5O2S. The summed E-state index contributed by atoms with van der Waals surface area (Å²) in [4.78, 5) is 15.0. The second-order valence-electron chi connectivity index (χ2n) is 8.20. The highest BCUT2D eigenvalue weighted by Crippen LogP contribution is 2.36. The molecule has 2 aliphatic rings. The van der Waals surface area contributed by atoms with Crippen LogP contribution in [0.4, 0.5) is 14.6 Å². The van der Waals surface area contributed by atoms with Gasteiger partial charge in [-0.15, -0.1) is 0 Å². The van der Waals surface area contributed by atoms with Crippen molar-refractivity contribution in [2.24, 2.45) is 0 Å². The summed E-state index contributed by atoms with van der Waals surface area (Å²) in [5.41, 5.74) is 0.571. The molecule has 0 amide bonds. The van der Waals surface area contributed by atoms with E-state index in [2.05, 4.69) is 15.0 Å². The zero-order valence-corrected chi connectivity index (χ0v) is 15.7. The maximum absolute atomic E-state index is 13.7. The monoisotopic (exact) mass is 385 g/mol. The number of aromatic nitrogens is 4. The van der Waals surface area contributed by atoms with E-state index in [1.54, 1.807) is 15.8 Å². The number of hydrogen-bond donors (Lipinski definition) is 0. The zero-order chi connectivity index (χ0) is 18.9. The number of imidazole rings is 1. The van der Waals surface area contributed by atoms with E-state index in [1.807, 2.05) is 20.8 Å². The lowest BCUT2D eigenvalue weighted by Crippen LogP contribution is -2.38. The molecule has 4 rings (SSSR count). The van der Waals surface area contributed by atoms with Crippen molar-refractivity contribution < 1.29 is 17.2 Å². The average molecular weight is 385 g/mol. The lowest BCUT2D eigenvalue weighted by Gasteiger charge is -2.28. The number of alkyl halides is 2. The largest absolute Gasteiger partial charge is 0.348 e. The van der Waals surface area contributed by atoms with Crippen molar-refractivity contribution in [3.8, 4) is 0 Å². The first-order chi connectivity index (χ1) is 12.0. The molecule has 10 heteroatoms. The minimum Gasteiger partial charge on any atom is -0.348 e. The minimum atomic E-state index is -3.01. The summed E-state index contributed by atoms with van der Waals surface area (Å²) in [6.07, 6.45) is 1.33. The third-order valence-electron chi connectivity index (χ3n) is 4.83. The first-order valence-electron chi connectivity index (χ1n) is 8.53. The summed E-state index contributed by atoms with van der Waals surface area (Å²) >= 11 is 0. The number of nitrogens with zero attached hydrogens (tertiary/aromatic N) is 5. The van der Waals surface area contributed by atoms with Crippen LogP contribution in [0.3, 0.4) is 0 Å². The first-order valence-corrected chi connectivity index (χ1v) is 10.4. The Kier molecular flexibility index (Phi) is 3.61. The minimum absolute atomic E-state index is 0.0461. The fraction of sp³-hybridized carbons (Fsp3) is 0.688. The third-order valence-corrected chi connectivity index (χ3v) is 6.61. The summed E-state index contributed by atoms with van der Waals surface area (Å²) in [5, 5.41) is 0. The van der Waals surface area contributed by atoms with E-state index in [1.165, 1.54) is 0 Å². The van der Waals surface area contributed by atoms with Crippen LogP contribution in [0.2, 0.25) is 0 Å². The van der Waals surface area contributed by atoms with E-state index in [0.29, 0.717) is 22.8 Å². The number of halogens is 2. The molecule has 142 valence electrons. The van der Waals surface area contributed by atoms with Crippen molar-refractivity contribution in [2.75, 3.05) is 29.5 Å². The summed E-state index contributed by atoms with van der Waals surface area (Å²) in [7, 11) is -3.01. The van der Waals surface area contributed by atoms with Crippen molar-refractivity contribution >= 4 is 26.8 Å². The van der Waals surface area contributed by atoms with Gasteiger partial charge in [0.05, 0.1) is 30.4 Å². The lowest BCUT2D eigenvalue weighted by molar-refractivity contribution is 0.0257. The van der Waals surface area contributed by atoms with Crippen molar-refractivity contribution in [3.63, 3.8) is 0 Å². The predicted molar refractivity (Wildman–Crippen MR) is 93.5 cm³/mol. The Labute approximate surface area is 150 Å². The van der Waals surface area contributed by atoms with Crippen molar-refractivity contribution in [3.05, 3.63) is 12.2 Å². The van der Waals surface area contributed by atoms with Gasteiger partial charge in [-0.2, -0.15) is 0 Å². The number of rotatable bonds is 2. The molecule has 0 atom stereocenters.